The number of hydrogen-bond donors (Lipinski definition) is 1. The van der Waals surface area contributed by atoms with Gasteiger partial charge in [-0.25, -0.2) is 4.39 Å². The summed E-state index contributed by atoms with van der Waals surface area (Å²) >= 11 is 6.36. The second-order valence-corrected chi connectivity index (χ2v) is 7.91. The highest BCUT2D eigenvalue weighted by molar-refractivity contribution is 6.31. The van der Waals surface area contributed by atoms with E-state index in [4.69, 9.17) is 11.6 Å². The van der Waals surface area contributed by atoms with Crippen LogP contribution < -0.4 is 5.32 Å². The molecule has 0 aromatic heterocycles. The van der Waals surface area contributed by atoms with E-state index in [-0.39, 0.29) is 5.82 Å². The van der Waals surface area contributed by atoms with Gasteiger partial charge in [-0.1, -0.05) is 39.3 Å². The zero-order valence-electron chi connectivity index (χ0n) is 13.5. The summed E-state index contributed by atoms with van der Waals surface area (Å²) in [6.45, 7) is 9.91. The molecule has 1 aliphatic carbocycles. The summed E-state index contributed by atoms with van der Waals surface area (Å²) < 4.78 is 13.7. The third-order valence-electron chi connectivity index (χ3n) is 4.68. The lowest BCUT2D eigenvalue weighted by Gasteiger charge is -2.41. The third kappa shape index (κ3) is 4.43. The van der Waals surface area contributed by atoms with Crippen LogP contribution in [0.5, 0.6) is 0 Å². The third-order valence-corrected chi connectivity index (χ3v) is 5.02. The number of nitrogens with one attached hydrogen (secondary N) is 1. The van der Waals surface area contributed by atoms with Crippen LogP contribution in [-0.2, 0) is 0 Å². The first kappa shape index (κ1) is 16.8. The van der Waals surface area contributed by atoms with Gasteiger partial charge >= 0.3 is 0 Å². The van der Waals surface area contributed by atoms with Crippen molar-refractivity contribution in [3.8, 4) is 0 Å². The summed E-state index contributed by atoms with van der Waals surface area (Å²) in [5.41, 5.74) is 1.29. The van der Waals surface area contributed by atoms with Crippen LogP contribution in [0, 0.1) is 17.2 Å². The highest BCUT2D eigenvalue weighted by atomic mass is 35.5. The van der Waals surface area contributed by atoms with Crippen LogP contribution >= 0.6 is 11.6 Å². The summed E-state index contributed by atoms with van der Waals surface area (Å²) in [5.74, 6) is 0.677. The highest BCUT2D eigenvalue weighted by Crippen LogP contribution is 2.48. The van der Waals surface area contributed by atoms with Crippen molar-refractivity contribution in [1.29, 1.82) is 0 Å². The average Bonchev–Trinajstić information content (AvgIpc) is 2.39. The molecule has 0 heterocycles. The molecule has 0 saturated heterocycles. The van der Waals surface area contributed by atoms with E-state index in [2.05, 4.69) is 33.0 Å². The van der Waals surface area contributed by atoms with Gasteiger partial charge in [0.2, 0.25) is 0 Å². The van der Waals surface area contributed by atoms with Crippen molar-refractivity contribution < 1.29 is 4.39 Å². The van der Waals surface area contributed by atoms with Crippen molar-refractivity contribution in [2.24, 2.45) is 11.3 Å². The molecule has 1 aromatic rings. The zero-order chi connectivity index (χ0) is 15.6. The molecule has 0 aliphatic heterocycles. The highest BCUT2D eigenvalue weighted by Gasteiger charge is 2.36. The first-order valence-electron chi connectivity index (χ1n) is 7.97. The Labute approximate surface area is 133 Å². The van der Waals surface area contributed by atoms with Crippen LogP contribution in [0.2, 0.25) is 5.02 Å². The van der Waals surface area contributed by atoms with Gasteiger partial charge in [-0.05, 0) is 66.8 Å². The molecule has 3 heteroatoms. The van der Waals surface area contributed by atoms with Crippen molar-refractivity contribution >= 4 is 11.6 Å². The standard InChI is InChI=1S/C18H27ClFN/c1-12(2)21-11-13-7-8-18(3,4)10-16(13)15-9-14(20)5-6-17(15)19/h5-6,9,12-13,16,21H,7-8,10-11H2,1-4H3. The van der Waals surface area contributed by atoms with E-state index in [1.807, 2.05) is 0 Å². The summed E-state index contributed by atoms with van der Waals surface area (Å²) in [6, 6.07) is 5.25. The fourth-order valence-corrected chi connectivity index (χ4v) is 3.69. The molecule has 2 rings (SSSR count). The predicted octanol–water partition coefficient (Wildman–Crippen LogP) is 5.39. The van der Waals surface area contributed by atoms with Gasteiger partial charge in [-0.2, -0.15) is 0 Å². The van der Waals surface area contributed by atoms with E-state index in [0.29, 0.717) is 28.3 Å². The molecule has 1 nitrogen and oxygen atoms in total. The minimum absolute atomic E-state index is 0.187. The lowest BCUT2D eigenvalue weighted by atomic mass is 9.65. The fourth-order valence-electron chi connectivity index (χ4n) is 3.44. The molecular weight excluding hydrogens is 285 g/mol. The normalized spacial score (nSPS) is 25.3. The maximum Gasteiger partial charge on any atom is 0.123 e. The summed E-state index contributed by atoms with van der Waals surface area (Å²) in [6.07, 6.45) is 3.46. The van der Waals surface area contributed by atoms with Gasteiger partial charge in [-0.15, -0.1) is 0 Å². The number of halogens is 2. The zero-order valence-corrected chi connectivity index (χ0v) is 14.3. The molecule has 2 atom stereocenters. The molecule has 0 spiro atoms. The lowest BCUT2D eigenvalue weighted by Crippen LogP contribution is -2.37. The van der Waals surface area contributed by atoms with E-state index in [9.17, 15) is 4.39 Å². The number of benzene rings is 1. The largest absolute Gasteiger partial charge is 0.314 e. The monoisotopic (exact) mass is 311 g/mol. The average molecular weight is 312 g/mol. The molecule has 118 valence electrons. The smallest absolute Gasteiger partial charge is 0.123 e. The first-order valence-corrected chi connectivity index (χ1v) is 8.34. The summed E-state index contributed by atoms with van der Waals surface area (Å²) in [4.78, 5) is 0. The second kappa shape index (κ2) is 6.66. The fraction of sp³-hybridized carbons (Fsp3) is 0.667. The number of rotatable bonds is 4. The van der Waals surface area contributed by atoms with Crippen LogP contribution in [0.25, 0.3) is 0 Å². The second-order valence-electron chi connectivity index (χ2n) is 7.50. The van der Waals surface area contributed by atoms with Crippen molar-refractivity contribution in [2.75, 3.05) is 6.54 Å². The molecule has 1 N–H and O–H groups in total. The molecule has 1 aromatic carbocycles. The lowest BCUT2D eigenvalue weighted by molar-refractivity contribution is 0.158. The van der Waals surface area contributed by atoms with E-state index < -0.39 is 0 Å². The van der Waals surface area contributed by atoms with E-state index in [1.165, 1.54) is 18.9 Å². The van der Waals surface area contributed by atoms with Crippen molar-refractivity contribution in [3.05, 3.63) is 34.6 Å². The Hall–Kier alpha value is -0.600. The Morgan fingerprint density at radius 2 is 2.10 bits per heavy atom. The first-order chi connectivity index (χ1) is 9.78. The van der Waals surface area contributed by atoms with E-state index >= 15 is 0 Å². The van der Waals surface area contributed by atoms with Gasteiger partial charge in [0.1, 0.15) is 5.82 Å². The Morgan fingerprint density at radius 3 is 2.76 bits per heavy atom. The van der Waals surface area contributed by atoms with Crippen molar-refractivity contribution in [3.63, 3.8) is 0 Å². The van der Waals surface area contributed by atoms with Crippen molar-refractivity contribution in [2.45, 2.75) is 58.9 Å². The van der Waals surface area contributed by atoms with Crippen LogP contribution in [-0.4, -0.2) is 12.6 Å². The molecule has 21 heavy (non-hydrogen) atoms. The van der Waals surface area contributed by atoms with E-state index in [0.717, 1.165) is 18.5 Å². The van der Waals surface area contributed by atoms with Crippen LogP contribution in [0.3, 0.4) is 0 Å². The minimum atomic E-state index is -0.187. The van der Waals surface area contributed by atoms with Crippen LogP contribution in [0.15, 0.2) is 18.2 Å². The van der Waals surface area contributed by atoms with Crippen LogP contribution in [0.4, 0.5) is 4.39 Å². The quantitative estimate of drug-likeness (QED) is 0.786. The Morgan fingerprint density at radius 1 is 1.38 bits per heavy atom. The van der Waals surface area contributed by atoms with Gasteiger partial charge in [0.05, 0.1) is 0 Å². The topological polar surface area (TPSA) is 12.0 Å². The molecule has 0 amide bonds. The maximum absolute atomic E-state index is 13.7. The predicted molar refractivity (Wildman–Crippen MR) is 88.4 cm³/mol. The Kier molecular flexibility index (Phi) is 5.32. The summed E-state index contributed by atoms with van der Waals surface area (Å²) in [7, 11) is 0. The minimum Gasteiger partial charge on any atom is -0.314 e. The molecule has 2 unspecified atom stereocenters. The molecule has 1 fully saturated rings. The van der Waals surface area contributed by atoms with Gasteiger partial charge < -0.3 is 5.32 Å². The van der Waals surface area contributed by atoms with Gasteiger partial charge in [0, 0.05) is 11.1 Å². The Balaban J connectivity index is 2.26. The van der Waals surface area contributed by atoms with E-state index in [1.54, 1.807) is 12.1 Å². The molecule has 1 saturated carbocycles. The van der Waals surface area contributed by atoms with Gasteiger partial charge in [0.25, 0.3) is 0 Å². The van der Waals surface area contributed by atoms with Gasteiger partial charge in [0.15, 0.2) is 0 Å². The van der Waals surface area contributed by atoms with Gasteiger partial charge in [-0.3, -0.25) is 0 Å². The maximum atomic E-state index is 13.7. The molecular formula is C18H27ClFN. The molecule has 0 radical (unpaired) electrons. The molecule has 1 aliphatic rings. The SMILES string of the molecule is CC(C)NCC1CCC(C)(C)CC1c1cc(F)ccc1Cl. The van der Waals surface area contributed by atoms with Crippen molar-refractivity contribution in [1.82, 2.24) is 5.32 Å². The number of hydrogen-bond acceptors (Lipinski definition) is 1. The summed E-state index contributed by atoms with van der Waals surface area (Å²) in [5, 5.41) is 4.24. The molecule has 0 bridgehead atoms. The van der Waals surface area contributed by atoms with Crippen LogP contribution in [0.1, 0.15) is 58.4 Å². The Bertz CT molecular complexity index is 482.